The van der Waals surface area contributed by atoms with Gasteiger partial charge < -0.3 is 10.4 Å². The van der Waals surface area contributed by atoms with Crippen molar-refractivity contribution in [1.29, 1.82) is 0 Å². The average molecular weight is 450 g/mol. The summed E-state index contributed by atoms with van der Waals surface area (Å²) < 4.78 is 53.4. The lowest BCUT2D eigenvalue weighted by molar-refractivity contribution is -0.0413. The van der Waals surface area contributed by atoms with Gasteiger partial charge in [-0.25, -0.2) is 17.2 Å². The van der Waals surface area contributed by atoms with Crippen LogP contribution in [0.25, 0.3) is 0 Å². The molecule has 2 aliphatic rings. The van der Waals surface area contributed by atoms with E-state index in [0.29, 0.717) is 18.4 Å². The summed E-state index contributed by atoms with van der Waals surface area (Å²) in [5, 5.41) is 12.5. The zero-order valence-electron chi connectivity index (χ0n) is 17.4. The van der Waals surface area contributed by atoms with Crippen LogP contribution in [-0.4, -0.2) is 30.3 Å². The third-order valence-corrected chi connectivity index (χ3v) is 9.30. The molecule has 1 amide bonds. The van der Waals surface area contributed by atoms with Gasteiger partial charge in [0.2, 0.25) is 0 Å². The molecule has 4 atom stereocenters. The zero-order valence-corrected chi connectivity index (χ0v) is 18.2. The number of rotatable bonds is 4. The number of aliphatic hydroxyl groups is 1. The lowest BCUT2D eigenvalue weighted by atomic mass is 9.76. The Hall–Kier alpha value is -2.32. The minimum atomic E-state index is -3.71. The summed E-state index contributed by atoms with van der Waals surface area (Å²) in [6.45, 7) is 3.48. The molecule has 2 aromatic carbocycles. The van der Waals surface area contributed by atoms with Gasteiger partial charge in [-0.2, -0.15) is 0 Å². The number of carbonyl (C=O) groups excluding carboxylic acids is 1. The van der Waals surface area contributed by atoms with Crippen molar-refractivity contribution in [2.75, 3.05) is 5.32 Å². The molecule has 4 rings (SSSR count). The van der Waals surface area contributed by atoms with Crippen LogP contribution < -0.4 is 5.32 Å². The summed E-state index contributed by atoms with van der Waals surface area (Å²) >= 11 is 0. The number of amides is 1. The summed E-state index contributed by atoms with van der Waals surface area (Å²) in [6.07, 6.45) is 2.44. The number of hydrogen-bond donors (Lipinski definition) is 2. The number of aryl methyl sites for hydroxylation is 1. The van der Waals surface area contributed by atoms with E-state index in [1.807, 2.05) is 0 Å². The molecule has 2 saturated carbocycles. The molecule has 2 N–H and O–H groups in total. The topological polar surface area (TPSA) is 83.5 Å². The third-order valence-electron chi connectivity index (χ3n) is 6.98. The molecular weight excluding hydrogens is 424 g/mol. The first-order valence-electron chi connectivity index (χ1n) is 10.3. The third kappa shape index (κ3) is 3.87. The molecule has 0 radical (unpaired) electrons. The Labute approximate surface area is 180 Å². The number of fused-ring (bicyclic) bond motifs is 2. The van der Waals surface area contributed by atoms with Gasteiger partial charge in [-0.3, -0.25) is 4.79 Å². The summed E-state index contributed by atoms with van der Waals surface area (Å²) in [5.74, 6) is -2.83. The Morgan fingerprint density at radius 2 is 1.71 bits per heavy atom. The molecule has 31 heavy (non-hydrogen) atoms. The van der Waals surface area contributed by atoms with Crippen LogP contribution >= 0.6 is 0 Å². The van der Waals surface area contributed by atoms with Crippen molar-refractivity contribution in [3.63, 3.8) is 0 Å². The van der Waals surface area contributed by atoms with Crippen molar-refractivity contribution >= 4 is 21.4 Å². The number of halogens is 2. The maximum absolute atomic E-state index is 13.4. The zero-order chi connectivity index (χ0) is 22.6. The Morgan fingerprint density at radius 1 is 1.06 bits per heavy atom. The van der Waals surface area contributed by atoms with Gasteiger partial charge >= 0.3 is 0 Å². The SMILES string of the molecule is Cc1ccc(C(=O)Nc2ccc(F)c(F)c2)cc1S(=O)(=O)[C@@H]1CC2CC[C@@H](C1)[C@]2(C)O. The average Bonchev–Trinajstić information content (AvgIpc) is 2.87. The highest BCUT2D eigenvalue weighted by atomic mass is 32.2. The highest BCUT2D eigenvalue weighted by Crippen LogP contribution is 2.51. The molecule has 8 heteroatoms. The summed E-state index contributed by atoms with van der Waals surface area (Å²) in [4.78, 5) is 12.7. The molecule has 0 heterocycles. The highest BCUT2D eigenvalue weighted by Gasteiger charge is 2.53. The maximum Gasteiger partial charge on any atom is 0.255 e. The molecule has 2 bridgehead atoms. The lowest BCUT2D eigenvalue weighted by Crippen LogP contribution is -2.45. The molecule has 2 aromatic rings. The number of hydrogen-bond acceptors (Lipinski definition) is 4. The minimum Gasteiger partial charge on any atom is -0.390 e. The number of nitrogens with one attached hydrogen (secondary N) is 1. The van der Waals surface area contributed by atoms with Crippen molar-refractivity contribution in [3.05, 3.63) is 59.2 Å². The van der Waals surface area contributed by atoms with E-state index < -0.39 is 38.2 Å². The fraction of sp³-hybridized carbons (Fsp3) is 0.435. The Kier molecular flexibility index (Phi) is 5.42. The molecular formula is C23H25F2NO4S. The Bertz CT molecular complexity index is 1130. The monoisotopic (exact) mass is 449 g/mol. The molecule has 1 unspecified atom stereocenters. The van der Waals surface area contributed by atoms with Gasteiger partial charge in [-0.1, -0.05) is 6.07 Å². The molecule has 0 saturated heterocycles. The van der Waals surface area contributed by atoms with Crippen LogP contribution in [0.5, 0.6) is 0 Å². The van der Waals surface area contributed by atoms with E-state index in [2.05, 4.69) is 5.32 Å². The fourth-order valence-electron chi connectivity index (χ4n) is 5.02. The lowest BCUT2D eigenvalue weighted by Gasteiger charge is -2.40. The Morgan fingerprint density at radius 3 is 2.32 bits per heavy atom. The van der Waals surface area contributed by atoms with Gasteiger partial charge in [-0.05, 0) is 81.2 Å². The fourth-order valence-corrected chi connectivity index (χ4v) is 7.16. The number of carbonyl (C=O) groups is 1. The van der Waals surface area contributed by atoms with Crippen molar-refractivity contribution < 1.29 is 27.1 Å². The van der Waals surface area contributed by atoms with Crippen LogP contribution in [-0.2, 0) is 9.84 Å². The molecule has 2 fully saturated rings. The predicted octanol–water partition coefficient (Wildman–Crippen LogP) is 4.24. The van der Waals surface area contributed by atoms with Crippen LogP contribution in [0.1, 0.15) is 48.5 Å². The first kappa shape index (κ1) is 21.9. The maximum atomic E-state index is 13.4. The van der Waals surface area contributed by atoms with Crippen molar-refractivity contribution in [1.82, 2.24) is 0 Å². The van der Waals surface area contributed by atoms with Gasteiger partial charge in [0.15, 0.2) is 21.5 Å². The van der Waals surface area contributed by atoms with E-state index in [0.717, 1.165) is 25.0 Å². The largest absolute Gasteiger partial charge is 0.390 e. The van der Waals surface area contributed by atoms with Crippen LogP contribution in [0.15, 0.2) is 41.3 Å². The molecule has 0 aliphatic heterocycles. The normalized spacial score (nSPS) is 27.8. The number of sulfone groups is 1. The summed E-state index contributed by atoms with van der Waals surface area (Å²) in [7, 11) is -3.71. The van der Waals surface area contributed by atoms with E-state index in [1.165, 1.54) is 18.2 Å². The van der Waals surface area contributed by atoms with Crippen LogP contribution in [0.4, 0.5) is 14.5 Å². The van der Waals surface area contributed by atoms with E-state index in [1.54, 1.807) is 19.9 Å². The van der Waals surface area contributed by atoms with Gasteiger partial charge in [0, 0.05) is 17.3 Å². The van der Waals surface area contributed by atoms with Gasteiger partial charge in [0.1, 0.15) is 0 Å². The molecule has 5 nitrogen and oxygen atoms in total. The highest BCUT2D eigenvalue weighted by molar-refractivity contribution is 7.92. The number of anilines is 1. The van der Waals surface area contributed by atoms with Crippen LogP contribution in [0.2, 0.25) is 0 Å². The van der Waals surface area contributed by atoms with Crippen molar-refractivity contribution in [2.45, 2.75) is 55.3 Å². The molecule has 0 spiro atoms. The minimum absolute atomic E-state index is 0.0498. The molecule has 2 aliphatic carbocycles. The van der Waals surface area contributed by atoms with Crippen LogP contribution in [0, 0.1) is 30.4 Å². The summed E-state index contributed by atoms with van der Waals surface area (Å²) in [5.41, 5.74) is -0.110. The number of benzene rings is 2. The quantitative estimate of drug-likeness (QED) is 0.732. The second kappa shape index (κ2) is 7.67. The standard InChI is InChI=1S/C23H25F2NO4S/c1-13-3-4-14(22(27)26-17-7-8-19(24)20(25)12-17)9-21(13)31(29,30)18-10-15-5-6-16(11-18)23(15,2)28/h3-4,7-9,12,15-16,18,28H,5-6,10-11H2,1-2H3,(H,26,27)/t15-,16?,18-,23-/m0/s1. The first-order chi connectivity index (χ1) is 14.5. The van der Waals surface area contributed by atoms with Crippen molar-refractivity contribution in [3.8, 4) is 0 Å². The van der Waals surface area contributed by atoms with Gasteiger partial charge in [0.25, 0.3) is 5.91 Å². The van der Waals surface area contributed by atoms with Gasteiger partial charge in [0.05, 0.1) is 15.7 Å². The smallest absolute Gasteiger partial charge is 0.255 e. The van der Waals surface area contributed by atoms with E-state index in [9.17, 15) is 27.1 Å². The second-order valence-corrected chi connectivity index (χ2v) is 11.1. The summed E-state index contributed by atoms with van der Waals surface area (Å²) in [6, 6.07) is 7.41. The van der Waals surface area contributed by atoms with Crippen LogP contribution in [0.3, 0.4) is 0 Å². The molecule has 0 aromatic heterocycles. The predicted molar refractivity (Wildman–Crippen MR) is 113 cm³/mol. The van der Waals surface area contributed by atoms with Crippen molar-refractivity contribution in [2.24, 2.45) is 11.8 Å². The first-order valence-corrected chi connectivity index (χ1v) is 11.9. The van der Waals surface area contributed by atoms with E-state index in [4.69, 9.17) is 0 Å². The van der Waals surface area contributed by atoms with E-state index >= 15 is 0 Å². The second-order valence-electron chi connectivity index (χ2n) is 8.90. The van der Waals surface area contributed by atoms with E-state index in [-0.39, 0.29) is 28.0 Å². The van der Waals surface area contributed by atoms with Gasteiger partial charge in [-0.15, -0.1) is 0 Å². The molecule has 166 valence electrons. The Balaban J connectivity index is 1.60.